The van der Waals surface area contributed by atoms with E-state index < -0.39 is 0 Å². The van der Waals surface area contributed by atoms with Gasteiger partial charge in [0.05, 0.1) is 13.2 Å². The molecule has 1 atom stereocenters. The summed E-state index contributed by atoms with van der Waals surface area (Å²) in [7, 11) is 0. The average molecular weight is 637 g/mol. The lowest BCUT2D eigenvalue weighted by atomic mass is 10.1. The normalized spacial score (nSPS) is 11.5. The van der Waals surface area contributed by atoms with E-state index in [1.807, 2.05) is 35.4 Å². The molecule has 0 radical (unpaired) electrons. The van der Waals surface area contributed by atoms with E-state index in [4.69, 9.17) is 51.1 Å². The van der Waals surface area contributed by atoms with Crippen LogP contribution in [0.4, 0.5) is 4.39 Å². The molecule has 1 unspecified atom stereocenters. The Kier molecular flexibility index (Phi) is 12.2. The van der Waals surface area contributed by atoms with Crippen molar-refractivity contribution < 1.29 is 36.2 Å². The van der Waals surface area contributed by atoms with Crippen LogP contribution < -0.4 is 21.5 Å². The van der Waals surface area contributed by atoms with Crippen molar-refractivity contribution in [1.82, 2.24) is 4.57 Å². The van der Waals surface area contributed by atoms with E-state index in [9.17, 15) is 4.39 Å². The van der Waals surface area contributed by atoms with Crippen LogP contribution in [0.3, 0.4) is 0 Å². The summed E-state index contributed by atoms with van der Waals surface area (Å²) in [6.07, 6.45) is 6.46. The highest BCUT2D eigenvalue weighted by Crippen LogP contribution is 2.30. The fourth-order valence-electron chi connectivity index (χ4n) is 3.61. The van der Waals surface area contributed by atoms with Crippen LogP contribution in [0.25, 0.3) is 0 Å². The van der Waals surface area contributed by atoms with Gasteiger partial charge in [-0.1, -0.05) is 70.7 Å². The van der Waals surface area contributed by atoms with Crippen molar-refractivity contribution in [3.63, 3.8) is 0 Å². The molecule has 0 spiro atoms. The zero-order valence-electron chi connectivity index (χ0n) is 19.0. The van der Waals surface area contributed by atoms with Crippen molar-refractivity contribution in [1.29, 1.82) is 0 Å². The lowest BCUT2D eigenvalue weighted by Crippen LogP contribution is -3.00. The first-order chi connectivity index (χ1) is 16.4. The van der Waals surface area contributed by atoms with Crippen molar-refractivity contribution in [3.05, 3.63) is 122 Å². The van der Waals surface area contributed by atoms with Crippen LogP contribution in [0.5, 0.6) is 0 Å². The Morgan fingerprint density at radius 2 is 1.56 bits per heavy atom. The topological polar surface area (TPSA) is 49.5 Å². The first-order valence-electron chi connectivity index (χ1n) is 10.7. The molecule has 0 saturated carbocycles. The van der Waals surface area contributed by atoms with Crippen LogP contribution in [-0.4, -0.2) is 10.0 Å². The Bertz CT molecular complexity index is 1270. The molecule has 192 valence electrons. The molecule has 0 aliphatic rings. The van der Waals surface area contributed by atoms with Gasteiger partial charge in [-0.15, -0.1) is 0 Å². The lowest BCUT2D eigenvalue weighted by molar-refractivity contribution is -0.704. The quantitative estimate of drug-likeness (QED) is 0.257. The number of benzene rings is 3. The minimum absolute atomic E-state index is 0. The predicted molar refractivity (Wildman–Crippen MR) is 139 cm³/mol. The zero-order valence-corrected chi connectivity index (χ0v) is 23.6. The summed E-state index contributed by atoms with van der Waals surface area (Å²) in [6.45, 7) is 1.60. The second-order valence-electron chi connectivity index (χ2n) is 7.93. The summed E-state index contributed by atoms with van der Waals surface area (Å²) in [6, 6.07) is 17.3. The molecule has 10 heteroatoms. The molecule has 4 aromatic rings. The molecule has 0 bridgehead atoms. The standard InChI is InChI=1S/C26H22Cl4FN2O.BrH.H2O/c27-20-4-3-19(24(29)13-20)16-34-26(23-8-5-21(28)14-25(23)30)15-33-12-11-32(17-33)10-9-18-1-6-22(31)7-2-18;;/h1-8,11-14,17,26H,9-10,15-16H2;1H;1H2/q+1;;/p-1. The monoisotopic (exact) mass is 634 g/mol. The van der Waals surface area contributed by atoms with E-state index in [0.717, 1.165) is 29.7 Å². The van der Waals surface area contributed by atoms with Gasteiger partial charge in [-0.25, -0.2) is 13.5 Å². The molecule has 4 rings (SSSR count). The Morgan fingerprint density at radius 1 is 0.889 bits per heavy atom. The summed E-state index contributed by atoms with van der Waals surface area (Å²) < 4.78 is 23.5. The van der Waals surface area contributed by atoms with Gasteiger partial charge in [-0.3, -0.25) is 0 Å². The highest BCUT2D eigenvalue weighted by atomic mass is 79.9. The van der Waals surface area contributed by atoms with Crippen LogP contribution in [0.2, 0.25) is 20.1 Å². The summed E-state index contributed by atoms with van der Waals surface area (Å²) in [5.41, 5.74) is 2.75. The van der Waals surface area contributed by atoms with Gasteiger partial charge in [0.2, 0.25) is 6.33 Å². The number of nitrogens with zero attached hydrogens (tertiary/aromatic N) is 2. The Hall–Kier alpha value is -1.64. The molecular formula is C26H24BrCl4FN2O2. The van der Waals surface area contributed by atoms with Crippen LogP contribution in [0.15, 0.2) is 79.4 Å². The van der Waals surface area contributed by atoms with Gasteiger partial charge in [0.25, 0.3) is 0 Å². The number of hydrogen-bond acceptors (Lipinski definition) is 1. The van der Waals surface area contributed by atoms with Crippen LogP contribution in [-0.2, 0) is 30.9 Å². The SMILES string of the molecule is Fc1ccc(CCn2cc[n+](CC(OCc3ccc(Cl)cc3Cl)c3ccc(Cl)cc3Cl)c2)cc1.O.[Br-]. The molecule has 0 aliphatic carbocycles. The van der Waals surface area contributed by atoms with Gasteiger partial charge in [0.1, 0.15) is 30.9 Å². The number of rotatable bonds is 9. The van der Waals surface area contributed by atoms with Gasteiger partial charge >= 0.3 is 0 Å². The van der Waals surface area contributed by atoms with Gasteiger partial charge < -0.3 is 27.2 Å². The van der Waals surface area contributed by atoms with Crippen molar-refractivity contribution >= 4 is 46.4 Å². The number of hydrogen-bond donors (Lipinski definition) is 0. The number of aryl methyl sites for hydroxylation is 2. The van der Waals surface area contributed by atoms with Crippen molar-refractivity contribution in [2.75, 3.05) is 0 Å². The number of halogens is 6. The van der Waals surface area contributed by atoms with Crippen LogP contribution in [0.1, 0.15) is 22.8 Å². The fourth-order valence-corrected chi connectivity index (χ4v) is 4.61. The Balaban J connectivity index is 0.00000228. The van der Waals surface area contributed by atoms with Crippen molar-refractivity contribution in [2.24, 2.45) is 0 Å². The zero-order chi connectivity index (χ0) is 24.1. The van der Waals surface area contributed by atoms with E-state index >= 15 is 0 Å². The summed E-state index contributed by atoms with van der Waals surface area (Å²) in [4.78, 5) is 0. The van der Waals surface area contributed by atoms with E-state index in [1.165, 1.54) is 12.1 Å². The molecule has 0 amide bonds. The summed E-state index contributed by atoms with van der Waals surface area (Å²) in [5, 5.41) is 2.22. The highest BCUT2D eigenvalue weighted by molar-refractivity contribution is 6.35. The van der Waals surface area contributed by atoms with Gasteiger partial charge in [0, 0.05) is 32.1 Å². The third kappa shape index (κ3) is 8.45. The third-order valence-corrected chi connectivity index (χ3v) is 6.61. The average Bonchev–Trinajstić information content (AvgIpc) is 3.25. The fraction of sp³-hybridized carbons (Fsp3) is 0.192. The number of imidazole rings is 1. The molecule has 2 N–H and O–H groups in total. The van der Waals surface area contributed by atoms with Crippen LogP contribution >= 0.6 is 46.4 Å². The van der Waals surface area contributed by atoms with Gasteiger partial charge in [-0.2, -0.15) is 0 Å². The van der Waals surface area contributed by atoms with E-state index in [0.29, 0.717) is 33.2 Å². The van der Waals surface area contributed by atoms with E-state index in [2.05, 4.69) is 4.57 Å². The second kappa shape index (κ2) is 14.3. The predicted octanol–water partition coefficient (Wildman–Crippen LogP) is 3.91. The lowest BCUT2D eigenvalue weighted by Gasteiger charge is -2.19. The maximum Gasteiger partial charge on any atom is 0.243 e. The molecule has 0 fully saturated rings. The van der Waals surface area contributed by atoms with Gasteiger partial charge in [0.15, 0.2) is 0 Å². The smallest absolute Gasteiger partial charge is 0.243 e. The van der Waals surface area contributed by atoms with Crippen molar-refractivity contribution in [2.45, 2.75) is 32.2 Å². The molecular weight excluding hydrogens is 613 g/mol. The van der Waals surface area contributed by atoms with E-state index in [1.54, 1.807) is 36.4 Å². The molecule has 1 aromatic heterocycles. The molecule has 0 saturated heterocycles. The first kappa shape index (κ1) is 30.6. The summed E-state index contributed by atoms with van der Waals surface area (Å²) in [5.74, 6) is -0.227. The maximum absolute atomic E-state index is 13.1. The van der Waals surface area contributed by atoms with Gasteiger partial charge in [-0.05, 0) is 47.5 Å². The minimum Gasteiger partial charge on any atom is -1.00 e. The van der Waals surface area contributed by atoms with E-state index in [-0.39, 0.29) is 34.4 Å². The molecule has 0 aliphatic heterocycles. The molecule has 4 nitrogen and oxygen atoms in total. The maximum atomic E-state index is 13.1. The third-order valence-electron chi connectivity index (χ3n) is 5.46. The molecule has 36 heavy (non-hydrogen) atoms. The Labute approximate surface area is 240 Å². The minimum atomic E-state index is -0.338. The molecule has 3 aromatic carbocycles. The highest BCUT2D eigenvalue weighted by Gasteiger charge is 2.20. The second-order valence-corrected chi connectivity index (χ2v) is 9.61. The first-order valence-corrected chi connectivity index (χ1v) is 12.2. The number of ether oxygens (including phenoxy) is 1. The van der Waals surface area contributed by atoms with Crippen molar-refractivity contribution in [3.8, 4) is 0 Å². The number of aromatic nitrogens is 2. The molecule has 1 heterocycles. The largest absolute Gasteiger partial charge is 1.00 e. The van der Waals surface area contributed by atoms with Crippen LogP contribution in [0, 0.1) is 5.82 Å². The summed E-state index contributed by atoms with van der Waals surface area (Å²) >= 11 is 25.0. The Morgan fingerprint density at radius 3 is 2.22 bits per heavy atom.